The van der Waals surface area contributed by atoms with Crippen molar-refractivity contribution >= 4 is 30.6 Å². The van der Waals surface area contributed by atoms with Crippen LogP contribution in [0.25, 0.3) is 0 Å². The van der Waals surface area contributed by atoms with Crippen molar-refractivity contribution in [3.05, 3.63) is 113 Å². The normalized spacial score (nSPS) is 12.2. The molecule has 0 aliphatic heterocycles. The fourth-order valence-electron chi connectivity index (χ4n) is 4.88. The van der Waals surface area contributed by atoms with Gasteiger partial charge in [-0.05, 0) is 70.1 Å². The first-order valence-corrected chi connectivity index (χ1v) is 15.0. The summed E-state index contributed by atoms with van der Waals surface area (Å²) < 4.78 is 11.7. The van der Waals surface area contributed by atoms with E-state index in [4.69, 9.17) is 9.47 Å². The second-order valence-corrected chi connectivity index (χ2v) is 13.7. The van der Waals surface area contributed by atoms with Crippen LogP contribution < -0.4 is 20.2 Å². The molecule has 0 amide bonds. The summed E-state index contributed by atoms with van der Waals surface area (Å²) >= 11 is 0. The van der Waals surface area contributed by atoms with Crippen molar-refractivity contribution < 1.29 is 9.47 Å². The maximum Gasteiger partial charge on any atom is 0.188 e. The van der Waals surface area contributed by atoms with Crippen LogP contribution in [0.4, 0.5) is 11.4 Å². The third-order valence-electron chi connectivity index (χ3n) is 7.17. The van der Waals surface area contributed by atoms with Crippen LogP contribution in [0.5, 0.6) is 5.75 Å². The molecule has 0 radical (unpaired) electrons. The Morgan fingerprint density at radius 3 is 1.85 bits per heavy atom. The lowest BCUT2D eigenvalue weighted by molar-refractivity contribution is 0.0506. The first-order chi connectivity index (χ1) is 19.0. The van der Waals surface area contributed by atoms with Crippen LogP contribution in [0.1, 0.15) is 63.8 Å². The Kier molecular flexibility index (Phi) is 9.39. The van der Waals surface area contributed by atoms with Crippen LogP contribution in [-0.4, -0.2) is 13.9 Å². The Morgan fingerprint density at radius 2 is 1.32 bits per heavy atom. The van der Waals surface area contributed by atoms with Gasteiger partial charge in [0.15, 0.2) is 6.79 Å². The standard InChI is InChI=1S/C36H44NO2P/c1-26-16-15-17-27(24-37(29-18-11-9-12-19-29)30-20-13-10-14-21-30)34(26)40-32-23-28(35(2,3)4)22-31(36(5,6)7)33(32)39-25-38-8/h9-23,40H,24-25H2,1-8H3. The maximum absolute atomic E-state index is 6.36. The van der Waals surface area contributed by atoms with E-state index in [1.807, 2.05) is 0 Å². The second kappa shape index (κ2) is 12.6. The van der Waals surface area contributed by atoms with Gasteiger partial charge in [-0.25, -0.2) is 0 Å². The smallest absolute Gasteiger partial charge is 0.188 e. The molecular formula is C36H44NO2P. The SMILES string of the molecule is COCOc1c(Pc2c(C)cccc2CN(c2ccccc2)c2ccccc2)cc(C(C)(C)C)cc1C(C)(C)C. The van der Waals surface area contributed by atoms with Crippen LogP contribution >= 0.6 is 8.58 Å². The van der Waals surface area contributed by atoms with Gasteiger partial charge in [-0.3, -0.25) is 0 Å². The molecule has 0 aromatic heterocycles. The molecule has 0 bridgehead atoms. The topological polar surface area (TPSA) is 21.7 Å². The van der Waals surface area contributed by atoms with Crippen LogP contribution in [0.15, 0.2) is 91.0 Å². The first-order valence-electron chi connectivity index (χ1n) is 14.0. The highest BCUT2D eigenvalue weighted by Crippen LogP contribution is 2.38. The van der Waals surface area contributed by atoms with Gasteiger partial charge in [0.25, 0.3) is 0 Å². The van der Waals surface area contributed by atoms with Crippen molar-refractivity contribution in [2.45, 2.75) is 65.8 Å². The van der Waals surface area contributed by atoms with E-state index < -0.39 is 0 Å². The van der Waals surface area contributed by atoms with Gasteiger partial charge < -0.3 is 14.4 Å². The lowest BCUT2D eigenvalue weighted by atomic mass is 9.80. The predicted molar refractivity (Wildman–Crippen MR) is 174 cm³/mol. The van der Waals surface area contributed by atoms with Gasteiger partial charge in [0.1, 0.15) is 5.75 Å². The molecule has 0 spiro atoms. The molecule has 0 heterocycles. The molecule has 40 heavy (non-hydrogen) atoms. The number of methoxy groups -OCH3 is 1. The van der Waals surface area contributed by atoms with E-state index in [9.17, 15) is 0 Å². The van der Waals surface area contributed by atoms with Crippen LogP contribution in [0.2, 0.25) is 0 Å². The molecule has 0 fully saturated rings. The second-order valence-electron chi connectivity index (χ2n) is 12.4. The van der Waals surface area contributed by atoms with Gasteiger partial charge in [-0.1, -0.05) is 111 Å². The highest BCUT2D eigenvalue weighted by Gasteiger charge is 2.27. The van der Waals surface area contributed by atoms with Crippen molar-refractivity contribution in [2.75, 3.05) is 18.8 Å². The number of rotatable bonds is 9. The molecule has 0 aliphatic rings. The number of para-hydroxylation sites is 2. The van der Waals surface area contributed by atoms with E-state index in [0.717, 1.165) is 12.3 Å². The Morgan fingerprint density at radius 1 is 0.725 bits per heavy atom. The fraction of sp³-hybridized carbons (Fsp3) is 0.333. The van der Waals surface area contributed by atoms with Crippen LogP contribution in [0.3, 0.4) is 0 Å². The summed E-state index contributed by atoms with van der Waals surface area (Å²) in [6, 6.07) is 32.7. The number of nitrogens with zero attached hydrogens (tertiary/aromatic N) is 1. The predicted octanol–water partition coefficient (Wildman–Crippen LogP) is 8.54. The Balaban J connectivity index is 1.85. The highest BCUT2D eigenvalue weighted by molar-refractivity contribution is 7.56. The number of ether oxygens (including phenoxy) is 2. The van der Waals surface area contributed by atoms with Crippen molar-refractivity contribution in [3.8, 4) is 5.75 Å². The molecule has 210 valence electrons. The van der Waals surface area contributed by atoms with E-state index in [1.54, 1.807) is 7.11 Å². The summed E-state index contributed by atoms with van der Waals surface area (Å²) in [4.78, 5) is 2.40. The zero-order chi connectivity index (χ0) is 28.9. The molecule has 1 unspecified atom stereocenters. The molecule has 0 aliphatic carbocycles. The summed E-state index contributed by atoms with van der Waals surface area (Å²) in [5, 5.41) is 2.60. The van der Waals surface area contributed by atoms with Gasteiger partial charge >= 0.3 is 0 Å². The third-order valence-corrected chi connectivity index (χ3v) is 8.77. The Bertz CT molecular complexity index is 1360. The minimum Gasteiger partial charge on any atom is -0.467 e. The molecule has 0 N–H and O–H groups in total. The molecule has 0 saturated carbocycles. The molecule has 3 nitrogen and oxygen atoms in total. The number of hydrogen-bond acceptors (Lipinski definition) is 3. The number of anilines is 2. The maximum atomic E-state index is 6.36. The summed E-state index contributed by atoms with van der Waals surface area (Å²) in [6.45, 7) is 16.9. The van der Waals surface area contributed by atoms with Gasteiger partial charge in [0.05, 0.1) is 0 Å². The van der Waals surface area contributed by atoms with Crippen molar-refractivity contribution in [1.82, 2.24) is 0 Å². The van der Waals surface area contributed by atoms with Crippen molar-refractivity contribution in [1.29, 1.82) is 0 Å². The molecular weight excluding hydrogens is 509 g/mol. The first kappa shape index (κ1) is 29.8. The minimum atomic E-state index is -0.0739. The molecule has 4 heteroatoms. The summed E-state index contributed by atoms with van der Waals surface area (Å²) in [5.74, 6) is 0.956. The van der Waals surface area contributed by atoms with Crippen LogP contribution in [-0.2, 0) is 22.1 Å². The summed E-state index contributed by atoms with van der Waals surface area (Å²) in [7, 11) is 2.13. The zero-order valence-electron chi connectivity index (χ0n) is 25.3. The van der Waals surface area contributed by atoms with Crippen LogP contribution in [0, 0.1) is 6.92 Å². The number of benzene rings is 4. The summed E-state index contributed by atoms with van der Waals surface area (Å²) in [5.41, 5.74) is 7.48. The Hall–Kier alpha value is -3.13. The molecule has 4 aromatic rings. The van der Waals surface area contributed by atoms with Gasteiger partial charge in [-0.2, -0.15) is 0 Å². The molecule has 4 aromatic carbocycles. The van der Waals surface area contributed by atoms with E-state index in [1.165, 1.54) is 44.2 Å². The van der Waals surface area contributed by atoms with Gasteiger partial charge in [-0.15, -0.1) is 0 Å². The quantitative estimate of drug-likeness (QED) is 0.153. The fourth-order valence-corrected chi connectivity index (χ4v) is 6.30. The van der Waals surface area contributed by atoms with E-state index in [0.29, 0.717) is 8.58 Å². The average molecular weight is 554 g/mol. The Labute approximate surface area is 243 Å². The highest BCUT2D eigenvalue weighted by atomic mass is 31.1. The molecule has 4 rings (SSSR count). The molecule has 1 atom stereocenters. The third kappa shape index (κ3) is 7.14. The zero-order valence-corrected chi connectivity index (χ0v) is 26.3. The van der Waals surface area contributed by atoms with E-state index in [2.05, 4.69) is 144 Å². The van der Waals surface area contributed by atoms with Gasteiger partial charge in [0.2, 0.25) is 0 Å². The van der Waals surface area contributed by atoms with E-state index >= 15 is 0 Å². The van der Waals surface area contributed by atoms with E-state index in [-0.39, 0.29) is 17.6 Å². The molecule has 0 saturated heterocycles. The van der Waals surface area contributed by atoms with Crippen molar-refractivity contribution in [2.24, 2.45) is 0 Å². The summed E-state index contributed by atoms with van der Waals surface area (Å²) in [6.07, 6.45) is 0. The average Bonchev–Trinajstić information content (AvgIpc) is 2.92. The monoisotopic (exact) mass is 553 g/mol. The number of hydrogen-bond donors (Lipinski definition) is 0. The lowest BCUT2D eigenvalue weighted by Gasteiger charge is -2.30. The lowest BCUT2D eigenvalue weighted by Crippen LogP contribution is -2.25. The van der Waals surface area contributed by atoms with Gasteiger partial charge in [0, 0.05) is 35.9 Å². The number of aryl methyl sites for hydroxylation is 1. The van der Waals surface area contributed by atoms with Crippen molar-refractivity contribution in [3.63, 3.8) is 0 Å². The minimum absolute atomic E-state index is 0.0188. The largest absolute Gasteiger partial charge is 0.467 e.